The number of halogens is 2. The molecule has 0 aliphatic carbocycles. The number of pyridine rings is 1. The second-order valence-electron chi connectivity index (χ2n) is 3.31. The lowest BCUT2D eigenvalue weighted by Crippen LogP contribution is -1.87. The molecule has 0 saturated heterocycles. The zero-order valence-electron chi connectivity index (χ0n) is 8.17. The molecule has 0 aliphatic heterocycles. The molecule has 0 bridgehead atoms. The van der Waals surface area contributed by atoms with E-state index in [1.165, 1.54) is 6.07 Å². The Kier molecular flexibility index (Phi) is 2.69. The Morgan fingerprint density at radius 2 is 2.00 bits per heavy atom. The van der Waals surface area contributed by atoms with Gasteiger partial charge in [0.25, 0.3) is 0 Å². The molecule has 1 aromatic carbocycles. The van der Waals surface area contributed by atoms with Crippen LogP contribution in [0.3, 0.4) is 0 Å². The van der Waals surface area contributed by atoms with Crippen LogP contribution in [0.15, 0.2) is 36.4 Å². The minimum Gasteiger partial charge on any atom is -0.236 e. The van der Waals surface area contributed by atoms with E-state index >= 15 is 0 Å². The van der Waals surface area contributed by atoms with Crippen LogP contribution >= 0.6 is 11.6 Å². The minimum absolute atomic E-state index is 0.228. The van der Waals surface area contributed by atoms with Gasteiger partial charge in [0.1, 0.15) is 11.0 Å². The van der Waals surface area contributed by atoms with E-state index < -0.39 is 0 Å². The van der Waals surface area contributed by atoms with E-state index in [1.54, 1.807) is 31.2 Å². The lowest BCUT2D eigenvalue weighted by molar-refractivity contribution is 0.619. The van der Waals surface area contributed by atoms with Crippen molar-refractivity contribution in [1.82, 2.24) is 4.98 Å². The van der Waals surface area contributed by atoms with E-state index in [1.807, 2.05) is 6.07 Å². The quantitative estimate of drug-likeness (QED) is 0.667. The van der Waals surface area contributed by atoms with Gasteiger partial charge in [-0.2, -0.15) is 0 Å². The molecule has 1 aromatic heterocycles. The van der Waals surface area contributed by atoms with Crippen LogP contribution in [0.5, 0.6) is 0 Å². The Hall–Kier alpha value is -1.41. The van der Waals surface area contributed by atoms with E-state index in [-0.39, 0.29) is 5.82 Å². The van der Waals surface area contributed by atoms with Crippen LogP contribution in [-0.4, -0.2) is 4.98 Å². The fourth-order valence-corrected chi connectivity index (χ4v) is 1.49. The summed E-state index contributed by atoms with van der Waals surface area (Å²) in [6.45, 7) is 1.73. The lowest BCUT2D eigenvalue weighted by Gasteiger charge is -2.02. The maximum absolute atomic E-state index is 13.3. The molecule has 1 heterocycles. The van der Waals surface area contributed by atoms with Gasteiger partial charge < -0.3 is 0 Å². The molecule has 0 N–H and O–H groups in total. The Bertz CT molecular complexity index is 497. The molecular formula is C12H9ClFN. The number of benzene rings is 1. The molecule has 0 aliphatic rings. The minimum atomic E-state index is -0.228. The highest BCUT2D eigenvalue weighted by Gasteiger charge is 2.03. The molecule has 0 saturated carbocycles. The summed E-state index contributed by atoms with van der Waals surface area (Å²) in [5.74, 6) is -0.228. The number of hydrogen-bond donors (Lipinski definition) is 0. The predicted octanol–water partition coefficient (Wildman–Crippen LogP) is 3.85. The highest BCUT2D eigenvalue weighted by Crippen LogP contribution is 2.21. The third-order valence-electron chi connectivity index (χ3n) is 2.18. The molecule has 1 nitrogen and oxygen atoms in total. The van der Waals surface area contributed by atoms with Crippen molar-refractivity contribution in [3.05, 3.63) is 52.9 Å². The number of nitrogens with zero attached hydrogens (tertiary/aromatic N) is 1. The third kappa shape index (κ3) is 2.16. The van der Waals surface area contributed by atoms with Crippen LogP contribution in [0.2, 0.25) is 5.15 Å². The molecule has 0 amide bonds. The summed E-state index contributed by atoms with van der Waals surface area (Å²) in [5, 5.41) is 0.411. The van der Waals surface area contributed by atoms with Crippen molar-refractivity contribution in [3.63, 3.8) is 0 Å². The molecule has 2 aromatic rings. The second kappa shape index (κ2) is 3.99. The first-order chi connectivity index (χ1) is 7.16. The maximum Gasteiger partial charge on any atom is 0.129 e. The first-order valence-corrected chi connectivity index (χ1v) is 4.94. The number of aromatic nitrogens is 1. The van der Waals surface area contributed by atoms with Crippen molar-refractivity contribution in [2.45, 2.75) is 6.92 Å². The molecule has 0 atom stereocenters. The average Bonchev–Trinajstić information content (AvgIpc) is 2.22. The van der Waals surface area contributed by atoms with Crippen LogP contribution in [0.4, 0.5) is 4.39 Å². The van der Waals surface area contributed by atoms with Gasteiger partial charge in [0.05, 0.1) is 5.69 Å². The number of aryl methyl sites for hydroxylation is 1. The van der Waals surface area contributed by atoms with Crippen LogP contribution in [0.1, 0.15) is 5.56 Å². The summed E-state index contributed by atoms with van der Waals surface area (Å²) in [7, 11) is 0. The van der Waals surface area contributed by atoms with Gasteiger partial charge in [0.15, 0.2) is 0 Å². The van der Waals surface area contributed by atoms with Gasteiger partial charge in [-0.05, 0) is 30.7 Å². The molecule has 76 valence electrons. The molecule has 2 rings (SSSR count). The van der Waals surface area contributed by atoms with Gasteiger partial charge in [-0.25, -0.2) is 9.37 Å². The van der Waals surface area contributed by atoms with E-state index in [0.717, 1.165) is 5.56 Å². The van der Waals surface area contributed by atoms with Crippen molar-refractivity contribution in [2.75, 3.05) is 0 Å². The molecule has 3 heteroatoms. The first kappa shape index (κ1) is 10.1. The predicted molar refractivity (Wildman–Crippen MR) is 59.4 cm³/mol. The van der Waals surface area contributed by atoms with E-state index in [9.17, 15) is 4.39 Å². The van der Waals surface area contributed by atoms with Gasteiger partial charge in [-0.1, -0.05) is 29.8 Å². The fourth-order valence-electron chi connectivity index (χ4n) is 1.32. The zero-order chi connectivity index (χ0) is 10.8. The van der Waals surface area contributed by atoms with Crippen molar-refractivity contribution >= 4 is 11.6 Å². The van der Waals surface area contributed by atoms with Gasteiger partial charge in [0.2, 0.25) is 0 Å². The highest BCUT2D eigenvalue weighted by molar-refractivity contribution is 6.29. The van der Waals surface area contributed by atoms with E-state index in [0.29, 0.717) is 16.4 Å². The Morgan fingerprint density at radius 1 is 1.20 bits per heavy atom. The molecular weight excluding hydrogens is 213 g/mol. The molecule has 0 radical (unpaired) electrons. The van der Waals surface area contributed by atoms with Crippen molar-refractivity contribution in [1.29, 1.82) is 0 Å². The molecule has 15 heavy (non-hydrogen) atoms. The molecule has 0 spiro atoms. The monoisotopic (exact) mass is 221 g/mol. The summed E-state index contributed by atoms with van der Waals surface area (Å²) in [4.78, 5) is 4.11. The van der Waals surface area contributed by atoms with Gasteiger partial charge >= 0.3 is 0 Å². The van der Waals surface area contributed by atoms with Gasteiger partial charge in [-0.3, -0.25) is 0 Å². The Labute approximate surface area is 92.5 Å². The maximum atomic E-state index is 13.3. The summed E-state index contributed by atoms with van der Waals surface area (Å²) in [5.41, 5.74) is 2.04. The second-order valence-corrected chi connectivity index (χ2v) is 3.70. The van der Waals surface area contributed by atoms with Gasteiger partial charge in [0, 0.05) is 5.56 Å². The van der Waals surface area contributed by atoms with E-state index in [2.05, 4.69) is 4.98 Å². The van der Waals surface area contributed by atoms with Crippen molar-refractivity contribution in [2.24, 2.45) is 0 Å². The van der Waals surface area contributed by atoms with Crippen molar-refractivity contribution in [3.8, 4) is 11.3 Å². The fraction of sp³-hybridized carbons (Fsp3) is 0.0833. The summed E-state index contributed by atoms with van der Waals surface area (Å²) >= 11 is 5.76. The lowest BCUT2D eigenvalue weighted by atomic mass is 10.1. The number of hydrogen-bond acceptors (Lipinski definition) is 1. The van der Waals surface area contributed by atoms with Crippen molar-refractivity contribution < 1.29 is 4.39 Å². The van der Waals surface area contributed by atoms with Gasteiger partial charge in [-0.15, -0.1) is 0 Å². The topological polar surface area (TPSA) is 12.9 Å². The summed E-state index contributed by atoms with van der Waals surface area (Å²) < 4.78 is 13.3. The summed E-state index contributed by atoms with van der Waals surface area (Å²) in [6, 6.07) is 10.3. The van der Waals surface area contributed by atoms with Crippen LogP contribution < -0.4 is 0 Å². The SMILES string of the molecule is Cc1ccc(-c2cccc(Cl)n2)cc1F. The Balaban J connectivity index is 2.50. The number of rotatable bonds is 1. The highest BCUT2D eigenvalue weighted by atomic mass is 35.5. The largest absolute Gasteiger partial charge is 0.236 e. The normalized spacial score (nSPS) is 10.3. The first-order valence-electron chi connectivity index (χ1n) is 4.56. The third-order valence-corrected chi connectivity index (χ3v) is 2.39. The Morgan fingerprint density at radius 3 is 2.67 bits per heavy atom. The van der Waals surface area contributed by atoms with Crippen LogP contribution in [-0.2, 0) is 0 Å². The summed E-state index contributed by atoms with van der Waals surface area (Å²) in [6.07, 6.45) is 0. The average molecular weight is 222 g/mol. The van der Waals surface area contributed by atoms with Crippen LogP contribution in [0.25, 0.3) is 11.3 Å². The van der Waals surface area contributed by atoms with Crippen LogP contribution in [0, 0.1) is 12.7 Å². The smallest absolute Gasteiger partial charge is 0.129 e. The zero-order valence-corrected chi connectivity index (χ0v) is 8.92. The molecule has 0 unspecified atom stereocenters. The van der Waals surface area contributed by atoms with E-state index in [4.69, 9.17) is 11.6 Å². The molecule has 0 fully saturated rings. The standard InChI is InChI=1S/C12H9ClFN/c1-8-5-6-9(7-10(8)14)11-3-2-4-12(13)15-11/h2-7H,1H3.